The van der Waals surface area contributed by atoms with Crippen molar-refractivity contribution >= 4 is 11.5 Å². The van der Waals surface area contributed by atoms with Crippen LogP contribution < -0.4 is 10.2 Å². The minimum absolute atomic E-state index is 0.834. The van der Waals surface area contributed by atoms with Crippen LogP contribution in [0.2, 0.25) is 0 Å². The zero-order valence-corrected chi connectivity index (χ0v) is 24.6. The molecule has 3 aliphatic rings. The number of unbranched alkanes of at least 4 members (excludes halogenated alkanes) is 1. The fourth-order valence-electron chi connectivity index (χ4n) is 6.10. The van der Waals surface area contributed by atoms with Crippen LogP contribution in [0.5, 0.6) is 0 Å². The highest BCUT2D eigenvalue weighted by molar-refractivity contribution is 5.63. The molecule has 1 aromatic heterocycles. The minimum Gasteiger partial charge on any atom is -0.379 e. The molecule has 3 aliphatic heterocycles. The predicted octanol–water partition coefficient (Wildman–Crippen LogP) is 3.98. The molecule has 218 valence electrons. The van der Waals surface area contributed by atoms with Gasteiger partial charge in [-0.3, -0.25) is 9.80 Å². The zero-order chi connectivity index (χ0) is 27.9. The van der Waals surface area contributed by atoms with Crippen molar-refractivity contribution in [1.82, 2.24) is 24.7 Å². The van der Waals surface area contributed by atoms with Gasteiger partial charge in [0.05, 0.1) is 18.9 Å². The summed E-state index contributed by atoms with van der Waals surface area (Å²) in [6.07, 6.45) is 3.25. The van der Waals surface area contributed by atoms with E-state index in [4.69, 9.17) is 14.7 Å². The number of fused-ring (bicyclic) bond motifs is 1. The highest BCUT2D eigenvalue weighted by Crippen LogP contribution is 2.29. The van der Waals surface area contributed by atoms with Gasteiger partial charge in [0.2, 0.25) is 0 Å². The lowest BCUT2D eigenvalue weighted by Crippen LogP contribution is -2.44. The lowest BCUT2D eigenvalue weighted by atomic mass is 10.0. The first kappa shape index (κ1) is 28.1. The van der Waals surface area contributed by atoms with Gasteiger partial charge in [-0.1, -0.05) is 30.3 Å². The van der Waals surface area contributed by atoms with E-state index in [0.717, 1.165) is 115 Å². The summed E-state index contributed by atoms with van der Waals surface area (Å²) in [6, 6.07) is 19.7. The number of anilines is 2. The molecule has 2 aromatic carbocycles. The van der Waals surface area contributed by atoms with Crippen LogP contribution in [0.1, 0.15) is 29.7 Å². The van der Waals surface area contributed by atoms with Gasteiger partial charge < -0.3 is 19.9 Å². The molecular weight excluding hydrogens is 510 g/mol. The molecule has 0 amide bonds. The maximum Gasteiger partial charge on any atom is 0.161 e. The molecule has 2 saturated heterocycles. The van der Waals surface area contributed by atoms with Crippen LogP contribution >= 0.6 is 0 Å². The fourth-order valence-corrected chi connectivity index (χ4v) is 6.10. The van der Waals surface area contributed by atoms with Crippen molar-refractivity contribution in [1.29, 1.82) is 0 Å². The van der Waals surface area contributed by atoms with E-state index in [0.29, 0.717) is 0 Å². The van der Waals surface area contributed by atoms with E-state index >= 15 is 0 Å². The summed E-state index contributed by atoms with van der Waals surface area (Å²) in [5.41, 5.74) is 6.19. The maximum absolute atomic E-state index is 5.50. The van der Waals surface area contributed by atoms with E-state index in [9.17, 15) is 0 Å². The van der Waals surface area contributed by atoms with Crippen LogP contribution in [-0.2, 0) is 24.2 Å². The van der Waals surface area contributed by atoms with Crippen molar-refractivity contribution < 1.29 is 4.74 Å². The van der Waals surface area contributed by atoms with Crippen LogP contribution in [0.4, 0.5) is 11.5 Å². The molecule has 2 fully saturated rings. The molecule has 0 atom stereocenters. The Labute approximate surface area is 245 Å². The van der Waals surface area contributed by atoms with Gasteiger partial charge in [0.15, 0.2) is 5.82 Å². The minimum atomic E-state index is 0.834. The van der Waals surface area contributed by atoms with Crippen molar-refractivity contribution in [2.24, 2.45) is 0 Å². The predicted molar refractivity (Wildman–Crippen MR) is 166 cm³/mol. The van der Waals surface area contributed by atoms with E-state index in [-0.39, 0.29) is 0 Å². The Morgan fingerprint density at radius 2 is 1.59 bits per heavy atom. The normalized spacial score (nSPS) is 18.8. The Morgan fingerprint density at radius 1 is 0.805 bits per heavy atom. The Bertz CT molecular complexity index is 1240. The van der Waals surface area contributed by atoms with Crippen LogP contribution in [0.15, 0.2) is 54.6 Å². The van der Waals surface area contributed by atoms with E-state index in [1.165, 1.54) is 28.9 Å². The highest BCUT2D eigenvalue weighted by Gasteiger charge is 2.23. The summed E-state index contributed by atoms with van der Waals surface area (Å²) in [4.78, 5) is 20.2. The van der Waals surface area contributed by atoms with Crippen molar-refractivity contribution in [3.8, 4) is 11.4 Å². The molecule has 4 heterocycles. The molecule has 8 nitrogen and oxygen atoms in total. The molecule has 0 unspecified atom stereocenters. The number of aromatic nitrogens is 2. The van der Waals surface area contributed by atoms with Gasteiger partial charge >= 0.3 is 0 Å². The number of nitrogens with zero attached hydrogens (tertiary/aromatic N) is 6. The summed E-state index contributed by atoms with van der Waals surface area (Å²) >= 11 is 0. The molecule has 6 rings (SSSR count). The van der Waals surface area contributed by atoms with Crippen molar-refractivity contribution in [2.45, 2.75) is 32.4 Å². The van der Waals surface area contributed by atoms with Gasteiger partial charge in [-0.05, 0) is 56.3 Å². The molecular formula is C33H45N7O. The van der Waals surface area contributed by atoms with Gasteiger partial charge in [0.25, 0.3) is 0 Å². The lowest BCUT2D eigenvalue weighted by molar-refractivity contribution is 0.0373. The number of ether oxygens (including phenoxy) is 1. The van der Waals surface area contributed by atoms with Gasteiger partial charge in [-0.15, -0.1) is 0 Å². The number of piperazine rings is 1. The summed E-state index contributed by atoms with van der Waals surface area (Å²) in [5.74, 6) is 1.85. The third-order valence-electron chi connectivity index (χ3n) is 8.68. The smallest absolute Gasteiger partial charge is 0.161 e. The van der Waals surface area contributed by atoms with E-state index in [1.54, 1.807) is 0 Å². The zero-order valence-electron chi connectivity index (χ0n) is 24.6. The SMILES string of the molecule is CN1CCN(c2ccc(-c3nc4c(c(NCCCCN5CCOCC5)n3)CN(Cc3ccccc3)CC4)cc2)CC1. The summed E-state index contributed by atoms with van der Waals surface area (Å²) in [5, 5.41) is 3.74. The maximum atomic E-state index is 5.50. The molecule has 0 bridgehead atoms. The Kier molecular flexibility index (Phi) is 9.42. The molecule has 1 N–H and O–H groups in total. The number of morpholine rings is 1. The average molecular weight is 556 g/mol. The number of nitrogens with one attached hydrogen (secondary N) is 1. The van der Waals surface area contributed by atoms with Gasteiger partial charge in [-0.25, -0.2) is 9.97 Å². The van der Waals surface area contributed by atoms with Crippen molar-refractivity contribution in [3.05, 3.63) is 71.4 Å². The first-order valence-electron chi connectivity index (χ1n) is 15.5. The van der Waals surface area contributed by atoms with Crippen LogP contribution in [0, 0.1) is 0 Å². The monoisotopic (exact) mass is 555 g/mol. The largest absolute Gasteiger partial charge is 0.379 e. The van der Waals surface area contributed by atoms with Crippen molar-refractivity contribution in [3.63, 3.8) is 0 Å². The fraction of sp³-hybridized carbons (Fsp3) is 0.515. The van der Waals surface area contributed by atoms with Gasteiger partial charge in [0.1, 0.15) is 5.82 Å². The van der Waals surface area contributed by atoms with E-state index < -0.39 is 0 Å². The second-order valence-electron chi connectivity index (χ2n) is 11.7. The van der Waals surface area contributed by atoms with E-state index in [2.05, 4.69) is 86.6 Å². The highest BCUT2D eigenvalue weighted by atomic mass is 16.5. The molecule has 3 aromatic rings. The number of benzene rings is 2. The first-order valence-corrected chi connectivity index (χ1v) is 15.5. The van der Waals surface area contributed by atoms with Crippen LogP contribution in [-0.4, -0.2) is 104 Å². The Balaban J connectivity index is 1.16. The summed E-state index contributed by atoms with van der Waals surface area (Å²) in [6.45, 7) is 13.1. The van der Waals surface area contributed by atoms with Gasteiger partial charge in [0, 0.05) is 88.7 Å². The third kappa shape index (κ3) is 7.43. The second-order valence-corrected chi connectivity index (χ2v) is 11.7. The first-order chi connectivity index (χ1) is 20.2. The van der Waals surface area contributed by atoms with Crippen LogP contribution in [0.3, 0.4) is 0 Å². The number of hydrogen-bond donors (Lipinski definition) is 1. The molecule has 0 spiro atoms. The third-order valence-corrected chi connectivity index (χ3v) is 8.68. The standard InChI is InChI=1S/C33H45N7O/c1-37-17-19-40(20-18-37)29-11-9-28(10-12-29)32-35-31-13-16-39(25-27-7-3-2-4-8-27)26-30(31)33(36-32)34-14-5-6-15-38-21-23-41-24-22-38/h2-4,7-12H,5-6,13-26H2,1H3,(H,34,35,36). The molecule has 0 radical (unpaired) electrons. The quantitative estimate of drug-likeness (QED) is 0.377. The molecule has 0 saturated carbocycles. The molecule has 41 heavy (non-hydrogen) atoms. The molecule has 8 heteroatoms. The summed E-state index contributed by atoms with van der Waals surface area (Å²) < 4.78 is 5.50. The van der Waals surface area contributed by atoms with Gasteiger partial charge in [-0.2, -0.15) is 0 Å². The lowest BCUT2D eigenvalue weighted by Gasteiger charge is -2.34. The Morgan fingerprint density at radius 3 is 2.37 bits per heavy atom. The summed E-state index contributed by atoms with van der Waals surface area (Å²) in [7, 11) is 2.20. The molecule has 0 aliphatic carbocycles. The Hall–Kier alpha value is -3.04. The van der Waals surface area contributed by atoms with E-state index in [1.807, 2.05) is 0 Å². The number of likely N-dealkylation sites (N-methyl/N-ethyl adjacent to an activating group) is 1. The van der Waals surface area contributed by atoms with Crippen molar-refractivity contribution in [2.75, 3.05) is 89.4 Å². The number of hydrogen-bond acceptors (Lipinski definition) is 8. The second kappa shape index (κ2) is 13.7. The topological polar surface area (TPSA) is 60.0 Å². The number of rotatable bonds is 10. The van der Waals surface area contributed by atoms with Crippen LogP contribution in [0.25, 0.3) is 11.4 Å². The average Bonchev–Trinajstić information content (AvgIpc) is 3.02.